The summed E-state index contributed by atoms with van der Waals surface area (Å²) in [5.74, 6) is 0.708. The summed E-state index contributed by atoms with van der Waals surface area (Å²) in [6, 6.07) is 11.1. The lowest BCUT2D eigenvalue weighted by molar-refractivity contribution is 0.104. The Morgan fingerprint density at radius 2 is 2.11 bits per heavy atom. The van der Waals surface area contributed by atoms with Gasteiger partial charge in [0.1, 0.15) is 5.75 Å². The molecular weight excluding hydrogens is 238 g/mol. The van der Waals surface area contributed by atoms with Crippen LogP contribution < -0.4 is 4.74 Å². The maximum Gasteiger partial charge on any atom is 0.187 e. The number of carbonyl (C=O) groups excluding carboxylic acids is 1. The van der Waals surface area contributed by atoms with Gasteiger partial charge < -0.3 is 4.74 Å². The second-order valence-corrected chi connectivity index (χ2v) is 3.91. The first kappa shape index (κ1) is 13.0. The molecule has 0 aliphatic rings. The van der Waals surface area contributed by atoms with Crippen LogP contribution in [0, 0.1) is 0 Å². The summed E-state index contributed by atoms with van der Waals surface area (Å²) in [6.45, 7) is 2.53. The number of hydrogen-bond acceptors (Lipinski definition) is 3. The minimum absolute atomic E-state index is 0.0700. The van der Waals surface area contributed by atoms with Crippen LogP contribution in [0.2, 0.25) is 0 Å². The number of carbonyl (C=O) groups is 1. The highest BCUT2D eigenvalue weighted by atomic mass is 16.5. The molecule has 1 heterocycles. The summed E-state index contributed by atoms with van der Waals surface area (Å²) in [5.41, 5.74) is 1.47. The lowest BCUT2D eigenvalue weighted by atomic mass is 10.1. The minimum Gasteiger partial charge on any atom is -0.493 e. The summed E-state index contributed by atoms with van der Waals surface area (Å²) in [5, 5.41) is 0. The summed E-state index contributed by atoms with van der Waals surface area (Å²) in [7, 11) is 0. The first-order valence-corrected chi connectivity index (χ1v) is 6.15. The van der Waals surface area contributed by atoms with Crippen molar-refractivity contribution in [1.82, 2.24) is 4.98 Å². The Kier molecular flexibility index (Phi) is 4.45. The van der Waals surface area contributed by atoms with Crippen LogP contribution in [-0.2, 0) is 0 Å². The molecule has 1 aromatic carbocycles. The Labute approximate surface area is 112 Å². The van der Waals surface area contributed by atoms with Gasteiger partial charge >= 0.3 is 0 Å². The molecule has 0 saturated heterocycles. The van der Waals surface area contributed by atoms with E-state index in [-0.39, 0.29) is 5.78 Å². The second-order valence-electron chi connectivity index (χ2n) is 3.91. The van der Waals surface area contributed by atoms with Crippen LogP contribution in [0.5, 0.6) is 5.75 Å². The van der Waals surface area contributed by atoms with Crippen molar-refractivity contribution in [3.8, 4) is 5.75 Å². The number of benzene rings is 1. The average Bonchev–Trinajstić information content (AvgIpc) is 2.47. The van der Waals surface area contributed by atoms with Crippen LogP contribution in [0.4, 0.5) is 0 Å². The number of ether oxygens (including phenoxy) is 1. The zero-order valence-electron chi connectivity index (χ0n) is 10.7. The lowest BCUT2D eigenvalue weighted by Gasteiger charge is -2.05. The highest BCUT2D eigenvalue weighted by Crippen LogP contribution is 2.19. The van der Waals surface area contributed by atoms with Gasteiger partial charge in [-0.3, -0.25) is 9.78 Å². The molecule has 2 aromatic rings. The molecule has 0 fully saturated rings. The van der Waals surface area contributed by atoms with Crippen molar-refractivity contribution in [2.45, 2.75) is 6.92 Å². The van der Waals surface area contributed by atoms with Crippen LogP contribution in [0.15, 0.2) is 54.9 Å². The van der Waals surface area contributed by atoms with E-state index in [1.165, 1.54) is 6.08 Å². The first-order valence-electron chi connectivity index (χ1n) is 6.15. The molecule has 0 radical (unpaired) electrons. The number of hydrogen-bond donors (Lipinski definition) is 0. The third-order valence-corrected chi connectivity index (χ3v) is 2.58. The number of rotatable bonds is 5. The topological polar surface area (TPSA) is 39.2 Å². The van der Waals surface area contributed by atoms with E-state index in [4.69, 9.17) is 4.74 Å². The predicted octanol–water partition coefficient (Wildman–Crippen LogP) is 3.38. The van der Waals surface area contributed by atoms with Crippen molar-refractivity contribution < 1.29 is 9.53 Å². The molecule has 0 N–H and O–H groups in total. The molecule has 0 atom stereocenters. The zero-order chi connectivity index (χ0) is 13.5. The van der Waals surface area contributed by atoms with Gasteiger partial charge in [0.25, 0.3) is 0 Å². The van der Waals surface area contributed by atoms with E-state index in [1.807, 2.05) is 31.2 Å². The molecule has 0 unspecified atom stereocenters. The number of nitrogens with zero attached hydrogens (tertiary/aromatic N) is 1. The molecule has 2 rings (SSSR count). The lowest BCUT2D eigenvalue weighted by Crippen LogP contribution is -1.96. The van der Waals surface area contributed by atoms with Gasteiger partial charge in [0.15, 0.2) is 5.78 Å². The van der Waals surface area contributed by atoms with E-state index >= 15 is 0 Å². The molecule has 96 valence electrons. The minimum atomic E-state index is -0.0700. The van der Waals surface area contributed by atoms with Crippen molar-refractivity contribution >= 4 is 11.9 Å². The van der Waals surface area contributed by atoms with E-state index in [2.05, 4.69) is 4.98 Å². The Balaban J connectivity index is 2.17. The third-order valence-electron chi connectivity index (χ3n) is 2.58. The van der Waals surface area contributed by atoms with Gasteiger partial charge in [-0.2, -0.15) is 0 Å². The quantitative estimate of drug-likeness (QED) is 0.605. The molecular formula is C16H15NO2. The van der Waals surface area contributed by atoms with Crippen molar-refractivity contribution in [2.75, 3.05) is 6.61 Å². The molecule has 0 bridgehead atoms. The summed E-state index contributed by atoms with van der Waals surface area (Å²) >= 11 is 0. The zero-order valence-corrected chi connectivity index (χ0v) is 10.7. The number of aromatic nitrogens is 1. The fourth-order valence-corrected chi connectivity index (χ4v) is 1.68. The van der Waals surface area contributed by atoms with E-state index in [9.17, 15) is 4.79 Å². The molecule has 0 saturated carbocycles. The van der Waals surface area contributed by atoms with Gasteiger partial charge in [0.2, 0.25) is 0 Å². The molecule has 1 aromatic heterocycles. The maximum absolute atomic E-state index is 11.9. The van der Waals surface area contributed by atoms with Crippen LogP contribution >= 0.6 is 0 Å². The average molecular weight is 253 g/mol. The monoisotopic (exact) mass is 253 g/mol. The van der Waals surface area contributed by atoms with Crippen LogP contribution in [0.25, 0.3) is 6.08 Å². The van der Waals surface area contributed by atoms with E-state index in [0.717, 1.165) is 11.3 Å². The van der Waals surface area contributed by atoms with E-state index < -0.39 is 0 Å². The predicted molar refractivity (Wildman–Crippen MR) is 75.2 cm³/mol. The SMILES string of the molecule is CCOc1ccccc1/C=C/C(=O)c1cccnc1. The van der Waals surface area contributed by atoms with Crippen molar-refractivity contribution in [3.05, 3.63) is 66.0 Å². The highest BCUT2D eigenvalue weighted by Gasteiger charge is 2.02. The number of ketones is 1. The maximum atomic E-state index is 11.9. The van der Waals surface area contributed by atoms with Gasteiger partial charge in [0, 0.05) is 23.5 Å². The third kappa shape index (κ3) is 3.52. The van der Waals surface area contributed by atoms with Crippen molar-refractivity contribution in [2.24, 2.45) is 0 Å². The largest absolute Gasteiger partial charge is 0.493 e. The molecule has 3 nitrogen and oxygen atoms in total. The smallest absolute Gasteiger partial charge is 0.187 e. The Morgan fingerprint density at radius 3 is 2.84 bits per heavy atom. The fraction of sp³-hybridized carbons (Fsp3) is 0.125. The van der Waals surface area contributed by atoms with Gasteiger partial charge in [-0.05, 0) is 37.3 Å². The molecule has 3 heteroatoms. The molecule has 0 amide bonds. The number of pyridine rings is 1. The Bertz CT molecular complexity index is 576. The fourth-order valence-electron chi connectivity index (χ4n) is 1.68. The second kappa shape index (κ2) is 6.50. The van der Waals surface area contributed by atoms with Crippen LogP contribution in [0.1, 0.15) is 22.8 Å². The number of allylic oxidation sites excluding steroid dienone is 1. The van der Waals surface area contributed by atoms with E-state index in [0.29, 0.717) is 12.2 Å². The first-order chi connectivity index (χ1) is 9.31. The van der Waals surface area contributed by atoms with Gasteiger partial charge in [0.05, 0.1) is 6.61 Å². The summed E-state index contributed by atoms with van der Waals surface area (Å²) in [4.78, 5) is 15.8. The standard InChI is InChI=1S/C16H15NO2/c1-2-19-16-8-4-3-6-13(16)9-10-15(18)14-7-5-11-17-12-14/h3-12H,2H2,1H3/b10-9+. The van der Waals surface area contributed by atoms with Crippen LogP contribution in [-0.4, -0.2) is 17.4 Å². The van der Waals surface area contributed by atoms with Gasteiger partial charge in [-0.1, -0.05) is 18.2 Å². The van der Waals surface area contributed by atoms with Crippen molar-refractivity contribution in [3.63, 3.8) is 0 Å². The molecule has 0 spiro atoms. The Morgan fingerprint density at radius 1 is 1.26 bits per heavy atom. The molecule has 19 heavy (non-hydrogen) atoms. The van der Waals surface area contributed by atoms with Gasteiger partial charge in [-0.25, -0.2) is 0 Å². The molecule has 0 aliphatic carbocycles. The van der Waals surface area contributed by atoms with Gasteiger partial charge in [-0.15, -0.1) is 0 Å². The summed E-state index contributed by atoms with van der Waals surface area (Å²) in [6.07, 6.45) is 6.50. The number of para-hydroxylation sites is 1. The Hall–Kier alpha value is -2.42. The molecule has 0 aliphatic heterocycles. The normalized spacial score (nSPS) is 10.6. The van der Waals surface area contributed by atoms with E-state index in [1.54, 1.807) is 30.6 Å². The van der Waals surface area contributed by atoms with Crippen LogP contribution in [0.3, 0.4) is 0 Å². The van der Waals surface area contributed by atoms with Crippen molar-refractivity contribution in [1.29, 1.82) is 0 Å². The highest BCUT2D eigenvalue weighted by molar-refractivity contribution is 6.06. The summed E-state index contributed by atoms with van der Waals surface area (Å²) < 4.78 is 5.50.